The number of thioether (sulfide) groups is 1. The van der Waals surface area contributed by atoms with Crippen molar-refractivity contribution in [2.75, 3.05) is 25.5 Å². The van der Waals surface area contributed by atoms with E-state index in [1.54, 1.807) is 0 Å². The fraction of sp³-hybridized carbons (Fsp3) is 1.00. The van der Waals surface area contributed by atoms with Crippen molar-refractivity contribution >= 4 is 11.8 Å². The minimum absolute atomic E-state index is 0.651. The molecule has 0 aromatic heterocycles. The highest BCUT2D eigenvalue weighted by molar-refractivity contribution is 7.99. The SMILES string of the molecule is CCNC(C)CSC1CCOCC1. The Morgan fingerprint density at radius 1 is 1.46 bits per heavy atom. The fourth-order valence-electron chi connectivity index (χ4n) is 1.53. The molecule has 1 aliphatic rings. The second kappa shape index (κ2) is 6.68. The van der Waals surface area contributed by atoms with Crippen LogP contribution < -0.4 is 5.32 Å². The molecule has 1 N–H and O–H groups in total. The standard InChI is InChI=1S/C10H21NOS/c1-3-11-9(2)8-13-10-4-6-12-7-5-10/h9-11H,3-8H2,1-2H3. The molecule has 1 unspecified atom stereocenters. The second-order valence-corrected chi connectivity index (χ2v) is 4.94. The van der Waals surface area contributed by atoms with E-state index in [1.165, 1.54) is 18.6 Å². The zero-order valence-corrected chi connectivity index (χ0v) is 9.53. The maximum atomic E-state index is 5.33. The highest BCUT2D eigenvalue weighted by atomic mass is 32.2. The molecule has 2 nitrogen and oxygen atoms in total. The maximum absolute atomic E-state index is 5.33. The van der Waals surface area contributed by atoms with Crippen LogP contribution in [0.2, 0.25) is 0 Å². The molecule has 78 valence electrons. The van der Waals surface area contributed by atoms with E-state index < -0.39 is 0 Å². The summed E-state index contributed by atoms with van der Waals surface area (Å²) in [5.41, 5.74) is 0. The van der Waals surface area contributed by atoms with Gasteiger partial charge in [-0.05, 0) is 26.3 Å². The molecule has 1 aliphatic heterocycles. The van der Waals surface area contributed by atoms with Crippen LogP contribution in [-0.2, 0) is 4.74 Å². The lowest BCUT2D eigenvalue weighted by atomic mass is 10.2. The van der Waals surface area contributed by atoms with E-state index in [4.69, 9.17) is 4.74 Å². The van der Waals surface area contributed by atoms with E-state index in [0.717, 1.165) is 25.0 Å². The van der Waals surface area contributed by atoms with Gasteiger partial charge in [0.15, 0.2) is 0 Å². The normalized spacial score (nSPS) is 21.7. The van der Waals surface area contributed by atoms with Gasteiger partial charge in [-0.25, -0.2) is 0 Å². The Bertz CT molecular complexity index is 126. The lowest BCUT2D eigenvalue weighted by molar-refractivity contribution is 0.1000. The van der Waals surface area contributed by atoms with Crippen LogP contribution in [0, 0.1) is 0 Å². The predicted molar refractivity (Wildman–Crippen MR) is 59.4 cm³/mol. The first-order valence-electron chi connectivity index (χ1n) is 5.25. The van der Waals surface area contributed by atoms with Crippen molar-refractivity contribution in [2.45, 2.75) is 38.0 Å². The van der Waals surface area contributed by atoms with Gasteiger partial charge in [-0.15, -0.1) is 0 Å². The van der Waals surface area contributed by atoms with Gasteiger partial charge in [0.05, 0.1) is 0 Å². The van der Waals surface area contributed by atoms with E-state index >= 15 is 0 Å². The largest absolute Gasteiger partial charge is 0.381 e. The van der Waals surface area contributed by atoms with Gasteiger partial charge < -0.3 is 10.1 Å². The first-order chi connectivity index (χ1) is 6.33. The van der Waals surface area contributed by atoms with E-state index in [2.05, 4.69) is 30.9 Å². The van der Waals surface area contributed by atoms with Crippen molar-refractivity contribution in [3.8, 4) is 0 Å². The molecule has 0 saturated carbocycles. The van der Waals surface area contributed by atoms with Crippen LogP contribution in [0.1, 0.15) is 26.7 Å². The van der Waals surface area contributed by atoms with Crippen LogP contribution in [0.25, 0.3) is 0 Å². The van der Waals surface area contributed by atoms with Crippen molar-refractivity contribution in [1.82, 2.24) is 5.32 Å². The van der Waals surface area contributed by atoms with Crippen LogP contribution in [0.15, 0.2) is 0 Å². The Labute approximate surface area is 85.8 Å². The zero-order valence-electron chi connectivity index (χ0n) is 8.71. The van der Waals surface area contributed by atoms with Gasteiger partial charge in [-0.1, -0.05) is 6.92 Å². The van der Waals surface area contributed by atoms with E-state index in [0.29, 0.717) is 6.04 Å². The van der Waals surface area contributed by atoms with Gasteiger partial charge in [-0.3, -0.25) is 0 Å². The topological polar surface area (TPSA) is 21.3 Å². The second-order valence-electron chi connectivity index (χ2n) is 3.60. The van der Waals surface area contributed by atoms with Gasteiger partial charge in [0.1, 0.15) is 0 Å². The van der Waals surface area contributed by atoms with Gasteiger partial charge in [0, 0.05) is 30.3 Å². The lowest BCUT2D eigenvalue weighted by Crippen LogP contribution is -2.29. The highest BCUT2D eigenvalue weighted by Gasteiger charge is 2.14. The molecule has 13 heavy (non-hydrogen) atoms. The number of nitrogens with one attached hydrogen (secondary N) is 1. The Kier molecular flexibility index (Phi) is 5.83. The number of rotatable bonds is 5. The van der Waals surface area contributed by atoms with Crippen molar-refractivity contribution in [1.29, 1.82) is 0 Å². The average molecular weight is 203 g/mol. The van der Waals surface area contributed by atoms with Crippen molar-refractivity contribution < 1.29 is 4.74 Å². The first-order valence-corrected chi connectivity index (χ1v) is 6.30. The summed E-state index contributed by atoms with van der Waals surface area (Å²) in [5.74, 6) is 1.23. The fourth-order valence-corrected chi connectivity index (χ4v) is 2.73. The molecular weight excluding hydrogens is 182 g/mol. The third kappa shape index (κ3) is 4.89. The molecule has 1 atom stereocenters. The summed E-state index contributed by atoms with van der Waals surface area (Å²) in [6, 6.07) is 0.651. The Morgan fingerprint density at radius 2 is 2.15 bits per heavy atom. The summed E-state index contributed by atoms with van der Waals surface area (Å²) in [7, 11) is 0. The highest BCUT2D eigenvalue weighted by Crippen LogP contribution is 2.22. The molecule has 0 aromatic rings. The van der Waals surface area contributed by atoms with Crippen LogP contribution in [-0.4, -0.2) is 36.8 Å². The molecular formula is C10H21NOS. The minimum atomic E-state index is 0.651. The van der Waals surface area contributed by atoms with Gasteiger partial charge in [-0.2, -0.15) is 11.8 Å². The van der Waals surface area contributed by atoms with Crippen LogP contribution in [0.3, 0.4) is 0 Å². The number of ether oxygens (including phenoxy) is 1. The summed E-state index contributed by atoms with van der Waals surface area (Å²) in [5, 5.41) is 4.28. The third-order valence-corrected chi connectivity index (χ3v) is 3.94. The van der Waals surface area contributed by atoms with Gasteiger partial charge in [0.25, 0.3) is 0 Å². The Morgan fingerprint density at radius 3 is 2.77 bits per heavy atom. The molecule has 1 heterocycles. The zero-order chi connectivity index (χ0) is 9.52. The molecule has 1 rings (SSSR count). The van der Waals surface area contributed by atoms with Crippen LogP contribution in [0.4, 0.5) is 0 Å². The molecule has 3 heteroatoms. The van der Waals surface area contributed by atoms with Crippen molar-refractivity contribution in [3.63, 3.8) is 0 Å². The van der Waals surface area contributed by atoms with E-state index in [-0.39, 0.29) is 0 Å². The number of hydrogen-bond acceptors (Lipinski definition) is 3. The van der Waals surface area contributed by atoms with Crippen LogP contribution in [0.5, 0.6) is 0 Å². The average Bonchev–Trinajstić information content (AvgIpc) is 2.17. The quantitative estimate of drug-likeness (QED) is 0.737. The lowest BCUT2D eigenvalue weighted by Gasteiger charge is -2.23. The molecule has 0 amide bonds. The molecule has 1 saturated heterocycles. The molecule has 0 spiro atoms. The van der Waals surface area contributed by atoms with Crippen molar-refractivity contribution in [2.24, 2.45) is 0 Å². The third-order valence-electron chi connectivity index (χ3n) is 2.30. The number of hydrogen-bond donors (Lipinski definition) is 1. The summed E-state index contributed by atoms with van der Waals surface area (Å²) in [4.78, 5) is 0. The summed E-state index contributed by atoms with van der Waals surface area (Å²) < 4.78 is 5.33. The summed E-state index contributed by atoms with van der Waals surface area (Å²) >= 11 is 2.10. The van der Waals surface area contributed by atoms with Gasteiger partial charge >= 0.3 is 0 Å². The Hall–Kier alpha value is 0.270. The molecule has 0 aliphatic carbocycles. The minimum Gasteiger partial charge on any atom is -0.381 e. The Balaban J connectivity index is 2.03. The van der Waals surface area contributed by atoms with E-state index in [9.17, 15) is 0 Å². The van der Waals surface area contributed by atoms with E-state index in [1.807, 2.05) is 0 Å². The molecule has 0 aromatic carbocycles. The molecule has 0 radical (unpaired) electrons. The van der Waals surface area contributed by atoms with Gasteiger partial charge in [0.2, 0.25) is 0 Å². The monoisotopic (exact) mass is 203 g/mol. The van der Waals surface area contributed by atoms with Crippen molar-refractivity contribution in [3.05, 3.63) is 0 Å². The maximum Gasteiger partial charge on any atom is 0.0476 e. The molecule has 0 bridgehead atoms. The smallest absolute Gasteiger partial charge is 0.0476 e. The van der Waals surface area contributed by atoms with Crippen LogP contribution >= 0.6 is 11.8 Å². The summed E-state index contributed by atoms with van der Waals surface area (Å²) in [6.45, 7) is 7.43. The molecule has 1 fully saturated rings. The summed E-state index contributed by atoms with van der Waals surface area (Å²) in [6.07, 6.45) is 2.48. The predicted octanol–water partition coefficient (Wildman–Crippen LogP) is 1.90. The first kappa shape index (κ1) is 11.3.